The molecule has 1 fully saturated rings. The molecule has 0 aliphatic carbocycles. The zero-order valence-electron chi connectivity index (χ0n) is 11.2. The van der Waals surface area contributed by atoms with Crippen LogP contribution in [0, 0.1) is 6.92 Å². The molecule has 1 saturated heterocycles. The van der Waals surface area contributed by atoms with Crippen molar-refractivity contribution in [1.29, 1.82) is 0 Å². The van der Waals surface area contributed by atoms with Gasteiger partial charge in [-0.2, -0.15) is 11.8 Å². The highest BCUT2D eigenvalue weighted by Crippen LogP contribution is 2.44. The van der Waals surface area contributed by atoms with Gasteiger partial charge in [0.05, 0.1) is 11.2 Å². The Morgan fingerprint density at radius 3 is 2.71 bits per heavy atom. The minimum Gasteiger partial charge on any atom is -0.305 e. The molecule has 4 heteroatoms. The van der Waals surface area contributed by atoms with E-state index in [2.05, 4.69) is 44.8 Å². The number of nitrogens with one attached hydrogen (secondary N) is 1. The molecule has 1 aliphatic heterocycles. The van der Waals surface area contributed by atoms with Crippen molar-refractivity contribution in [3.05, 3.63) is 15.6 Å². The molecular weight excluding hydrogens is 248 g/mol. The van der Waals surface area contributed by atoms with Crippen LogP contribution in [-0.4, -0.2) is 22.5 Å². The highest BCUT2D eigenvalue weighted by atomic mass is 32.2. The van der Waals surface area contributed by atoms with E-state index >= 15 is 0 Å². The quantitative estimate of drug-likeness (QED) is 0.908. The largest absolute Gasteiger partial charge is 0.305 e. The summed E-state index contributed by atoms with van der Waals surface area (Å²) in [4.78, 5) is 6.29. The van der Waals surface area contributed by atoms with E-state index in [0.717, 1.165) is 13.0 Å². The Morgan fingerprint density at radius 1 is 1.47 bits per heavy atom. The maximum atomic E-state index is 4.89. The summed E-state index contributed by atoms with van der Waals surface area (Å²) in [5.41, 5.74) is 1.41. The topological polar surface area (TPSA) is 24.9 Å². The smallest absolute Gasteiger partial charge is 0.114 e. The first-order valence-corrected chi connectivity index (χ1v) is 8.34. The summed E-state index contributed by atoms with van der Waals surface area (Å²) in [6.45, 7) is 9.94. The zero-order valence-corrected chi connectivity index (χ0v) is 12.8. The number of aromatic nitrogens is 1. The minimum absolute atomic E-state index is 0.127. The lowest BCUT2D eigenvalue weighted by atomic mass is 9.93. The number of rotatable bonds is 4. The van der Waals surface area contributed by atoms with Crippen LogP contribution in [0.4, 0.5) is 0 Å². The molecule has 17 heavy (non-hydrogen) atoms. The maximum absolute atomic E-state index is 4.89. The lowest BCUT2D eigenvalue weighted by Crippen LogP contribution is -2.46. The highest BCUT2D eigenvalue weighted by molar-refractivity contribution is 8.00. The SMILES string of the molecule is CCNC1(c2nc(CC)c(C)s2)CCSC1C. The summed E-state index contributed by atoms with van der Waals surface area (Å²) in [5.74, 6) is 1.24. The van der Waals surface area contributed by atoms with Gasteiger partial charge in [0.25, 0.3) is 0 Å². The van der Waals surface area contributed by atoms with Gasteiger partial charge in [0.1, 0.15) is 5.01 Å². The molecular formula is C13H22N2S2. The molecule has 0 saturated carbocycles. The van der Waals surface area contributed by atoms with Crippen molar-refractivity contribution in [2.45, 2.75) is 51.3 Å². The second kappa shape index (κ2) is 5.29. The molecule has 1 aromatic rings. The fourth-order valence-electron chi connectivity index (χ4n) is 2.59. The van der Waals surface area contributed by atoms with Crippen LogP contribution in [-0.2, 0) is 12.0 Å². The van der Waals surface area contributed by atoms with Crippen LogP contribution in [0.1, 0.15) is 42.8 Å². The van der Waals surface area contributed by atoms with Gasteiger partial charge in [-0.15, -0.1) is 11.3 Å². The summed E-state index contributed by atoms with van der Waals surface area (Å²) in [7, 11) is 0. The Hall–Kier alpha value is -0.0600. The van der Waals surface area contributed by atoms with Crippen LogP contribution in [0.3, 0.4) is 0 Å². The van der Waals surface area contributed by atoms with Crippen molar-refractivity contribution < 1.29 is 0 Å². The van der Waals surface area contributed by atoms with E-state index in [0.29, 0.717) is 5.25 Å². The summed E-state index contributed by atoms with van der Waals surface area (Å²) >= 11 is 3.96. The first kappa shape index (κ1) is 13.4. The van der Waals surface area contributed by atoms with Gasteiger partial charge in [-0.1, -0.05) is 20.8 Å². The molecule has 0 spiro atoms. The van der Waals surface area contributed by atoms with E-state index < -0.39 is 0 Å². The number of thiazole rings is 1. The third kappa shape index (κ3) is 2.27. The summed E-state index contributed by atoms with van der Waals surface area (Å²) in [6.07, 6.45) is 2.26. The van der Waals surface area contributed by atoms with Gasteiger partial charge in [-0.25, -0.2) is 4.98 Å². The first-order valence-electron chi connectivity index (χ1n) is 6.47. The van der Waals surface area contributed by atoms with Crippen LogP contribution in [0.2, 0.25) is 0 Å². The van der Waals surface area contributed by atoms with Gasteiger partial charge < -0.3 is 5.32 Å². The molecule has 1 aromatic heterocycles. The second-order valence-electron chi connectivity index (χ2n) is 4.64. The Bertz CT molecular complexity index is 389. The monoisotopic (exact) mass is 270 g/mol. The lowest BCUT2D eigenvalue weighted by molar-refractivity contribution is 0.340. The Kier molecular flexibility index (Phi) is 4.16. The van der Waals surface area contributed by atoms with Gasteiger partial charge in [-0.3, -0.25) is 0 Å². The average molecular weight is 270 g/mol. The predicted octanol–water partition coefficient (Wildman–Crippen LogP) is 3.34. The van der Waals surface area contributed by atoms with Gasteiger partial charge in [0, 0.05) is 10.1 Å². The third-order valence-electron chi connectivity index (χ3n) is 3.66. The lowest BCUT2D eigenvalue weighted by Gasteiger charge is -2.31. The number of nitrogens with zero attached hydrogens (tertiary/aromatic N) is 1. The molecule has 2 atom stereocenters. The summed E-state index contributed by atoms with van der Waals surface area (Å²) in [6, 6.07) is 0. The van der Waals surface area contributed by atoms with Crippen molar-refractivity contribution in [2.24, 2.45) is 0 Å². The number of aryl methyl sites for hydroxylation is 2. The molecule has 0 aromatic carbocycles. The number of hydrogen-bond acceptors (Lipinski definition) is 4. The molecule has 1 aliphatic rings. The van der Waals surface area contributed by atoms with E-state index in [1.807, 2.05) is 11.3 Å². The molecule has 1 N–H and O–H groups in total. The minimum atomic E-state index is 0.127. The first-order chi connectivity index (χ1) is 8.14. The summed E-state index contributed by atoms with van der Waals surface area (Å²) < 4.78 is 0. The van der Waals surface area contributed by atoms with Crippen LogP contribution < -0.4 is 5.32 Å². The number of hydrogen-bond donors (Lipinski definition) is 1. The number of thioether (sulfide) groups is 1. The van der Waals surface area contributed by atoms with Gasteiger partial charge in [0.2, 0.25) is 0 Å². The molecule has 2 rings (SSSR count). The second-order valence-corrected chi connectivity index (χ2v) is 7.29. The van der Waals surface area contributed by atoms with Crippen molar-refractivity contribution in [2.75, 3.05) is 12.3 Å². The van der Waals surface area contributed by atoms with Gasteiger partial charge >= 0.3 is 0 Å². The zero-order chi connectivity index (χ0) is 12.5. The predicted molar refractivity (Wildman–Crippen MR) is 78.1 cm³/mol. The molecule has 2 nitrogen and oxygen atoms in total. The highest BCUT2D eigenvalue weighted by Gasteiger charge is 2.44. The molecule has 0 bridgehead atoms. The molecule has 2 heterocycles. The van der Waals surface area contributed by atoms with E-state index in [1.165, 1.54) is 27.8 Å². The normalized spacial score (nSPS) is 28.8. The van der Waals surface area contributed by atoms with E-state index in [4.69, 9.17) is 4.98 Å². The van der Waals surface area contributed by atoms with Crippen LogP contribution in [0.5, 0.6) is 0 Å². The standard InChI is InChI=1S/C13H22N2S2/c1-5-11-9(3)17-12(15-11)13(14-6-2)7-8-16-10(13)4/h10,14H,5-8H2,1-4H3. The van der Waals surface area contributed by atoms with Crippen LogP contribution in [0.25, 0.3) is 0 Å². The summed E-state index contributed by atoms with van der Waals surface area (Å²) in [5, 5.41) is 5.65. The van der Waals surface area contributed by atoms with Gasteiger partial charge in [0.15, 0.2) is 0 Å². The fraction of sp³-hybridized carbons (Fsp3) is 0.769. The Balaban J connectivity index is 2.38. The van der Waals surface area contributed by atoms with Crippen molar-refractivity contribution in [3.63, 3.8) is 0 Å². The molecule has 0 radical (unpaired) electrons. The van der Waals surface area contributed by atoms with Crippen molar-refractivity contribution in [1.82, 2.24) is 10.3 Å². The maximum Gasteiger partial charge on any atom is 0.114 e. The molecule has 2 unspecified atom stereocenters. The fourth-order valence-corrected chi connectivity index (χ4v) is 5.35. The Morgan fingerprint density at radius 2 is 2.24 bits per heavy atom. The van der Waals surface area contributed by atoms with Crippen LogP contribution >= 0.6 is 23.1 Å². The van der Waals surface area contributed by atoms with Crippen molar-refractivity contribution >= 4 is 23.1 Å². The third-order valence-corrected chi connectivity index (χ3v) is 6.19. The van der Waals surface area contributed by atoms with E-state index in [9.17, 15) is 0 Å². The van der Waals surface area contributed by atoms with Crippen LogP contribution in [0.15, 0.2) is 0 Å². The molecule has 0 amide bonds. The van der Waals surface area contributed by atoms with Crippen molar-refractivity contribution in [3.8, 4) is 0 Å². The average Bonchev–Trinajstić information content (AvgIpc) is 2.85. The van der Waals surface area contributed by atoms with Gasteiger partial charge in [-0.05, 0) is 32.1 Å². The van der Waals surface area contributed by atoms with E-state index in [1.54, 1.807) is 0 Å². The Labute approximate surface area is 113 Å². The molecule has 96 valence electrons. The van der Waals surface area contributed by atoms with E-state index in [-0.39, 0.29) is 5.54 Å².